The van der Waals surface area contributed by atoms with Crippen LogP contribution in [0.4, 0.5) is 0 Å². The van der Waals surface area contributed by atoms with E-state index < -0.39 is 14.7 Å². The van der Waals surface area contributed by atoms with Crippen molar-refractivity contribution >= 4 is 20.7 Å². The molecule has 2 unspecified atom stereocenters. The summed E-state index contributed by atoms with van der Waals surface area (Å²) in [5.41, 5.74) is -0.356. The predicted molar refractivity (Wildman–Crippen MR) is 126 cm³/mol. The highest BCUT2D eigenvalue weighted by molar-refractivity contribution is 6.60. The van der Waals surface area contributed by atoms with Crippen LogP contribution < -0.4 is 5.32 Å². The normalized spacial score (nSPS) is 14.2. The first-order chi connectivity index (χ1) is 14.6. The summed E-state index contributed by atoms with van der Waals surface area (Å²) in [4.78, 5) is 25.4. The SMILES string of the molecule is CCCCCCOC(=O)CC(CC(CC)CC[Si](OC)(OC)OC)C(=O)NC(C)(C)C. The molecule has 0 saturated carbocycles. The maximum Gasteiger partial charge on any atom is 0.500 e. The highest BCUT2D eigenvalue weighted by atomic mass is 28.4. The number of carbonyl (C=O) groups is 2. The van der Waals surface area contributed by atoms with E-state index in [0.717, 1.165) is 38.5 Å². The van der Waals surface area contributed by atoms with E-state index in [2.05, 4.69) is 19.2 Å². The minimum Gasteiger partial charge on any atom is -0.466 e. The summed E-state index contributed by atoms with van der Waals surface area (Å²) in [7, 11) is 2.16. The molecule has 7 nitrogen and oxygen atoms in total. The third-order valence-electron chi connectivity index (χ3n) is 5.53. The Morgan fingerprint density at radius 1 is 0.968 bits per heavy atom. The number of nitrogens with one attached hydrogen (secondary N) is 1. The summed E-state index contributed by atoms with van der Waals surface area (Å²) in [5.74, 6) is -0.561. The molecular formula is C23H47NO6Si. The summed E-state index contributed by atoms with van der Waals surface area (Å²) in [6.45, 7) is 10.5. The van der Waals surface area contributed by atoms with E-state index in [1.165, 1.54) is 0 Å². The molecule has 0 aliphatic rings. The van der Waals surface area contributed by atoms with Crippen LogP contribution in [0.5, 0.6) is 0 Å². The average Bonchev–Trinajstić information content (AvgIpc) is 2.71. The topological polar surface area (TPSA) is 83.1 Å². The van der Waals surface area contributed by atoms with Crippen LogP contribution in [0.3, 0.4) is 0 Å². The van der Waals surface area contributed by atoms with Crippen molar-refractivity contribution in [1.29, 1.82) is 0 Å². The van der Waals surface area contributed by atoms with Crippen LogP contribution in [0.1, 0.15) is 86.0 Å². The molecule has 1 amide bonds. The average molecular weight is 462 g/mol. The minimum atomic E-state index is -2.67. The van der Waals surface area contributed by atoms with E-state index in [4.69, 9.17) is 18.0 Å². The van der Waals surface area contributed by atoms with Gasteiger partial charge in [-0.15, -0.1) is 0 Å². The van der Waals surface area contributed by atoms with Gasteiger partial charge in [0.25, 0.3) is 0 Å². The molecule has 0 aliphatic heterocycles. The maximum atomic E-state index is 12.9. The highest BCUT2D eigenvalue weighted by Crippen LogP contribution is 2.28. The lowest BCUT2D eigenvalue weighted by atomic mass is 9.87. The van der Waals surface area contributed by atoms with E-state index in [1.807, 2.05) is 20.8 Å². The highest BCUT2D eigenvalue weighted by Gasteiger charge is 2.38. The summed E-state index contributed by atoms with van der Waals surface area (Å²) in [6.07, 6.45) is 6.63. The maximum absolute atomic E-state index is 12.9. The number of esters is 1. The predicted octanol–water partition coefficient (Wildman–Crippen LogP) is 4.72. The van der Waals surface area contributed by atoms with Crippen molar-refractivity contribution in [1.82, 2.24) is 5.32 Å². The first kappa shape index (κ1) is 30.0. The zero-order chi connectivity index (χ0) is 23.9. The van der Waals surface area contributed by atoms with Crippen LogP contribution in [-0.4, -0.2) is 54.2 Å². The number of hydrogen-bond acceptors (Lipinski definition) is 6. The number of unbranched alkanes of at least 4 members (excludes halogenated alkanes) is 3. The Hall–Kier alpha value is -0.963. The van der Waals surface area contributed by atoms with Gasteiger partial charge in [0.1, 0.15) is 0 Å². The number of carbonyl (C=O) groups excluding carboxylic acids is 2. The molecule has 8 heteroatoms. The van der Waals surface area contributed by atoms with Gasteiger partial charge >= 0.3 is 14.8 Å². The van der Waals surface area contributed by atoms with E-state index >= 15 is 0 Å². The van der Waals surface area contributed by atoms with Crippen LogP contribution in [0.25, 0.3) is 0 Å². The summed E-state index contributed by atoms with van der Waals surface area (Å²) in [5, 5.41) is 3.03. The van der Waals surface area contributed by atoms with Crippen LogP contribution in [0.2, 0.25) is 6.04 Å². The summed E-state index contributed by atoms with van der Waals surface area (Å²) >= 11 is 0. The van der Waals surface area contributed by atoms with E-state index in [0.29, 0.717) is 19.1 Å². The second-order valence-corrected chi connectivity index (χ2v) is 12.4. The molecule has 0 fully saturated rings. The molecule has 0 aromatic heterocycles. The van der Waals surface area contributed by atoms with E-state index in [-0.39, 0.29) is 29.8 Å². The molecule has 0 aliphatic carbocycles. The first-order valence-corrected chi connectivity index (χ1v) is 13.6. The third-order valence-corrected chi connectivity index (χ3v) is 8.30. The van der Waals surface area contributed by atoms with Crippen LogP contribution >= 0.6 is 0 Å². The lowest BCUT2D eigenvalue weighted by Gasteiger charge is -2.29. The molecule has 0 aromatic carbocycles. The monoisotopic (exact) mass is 461 g/mol. The Balaban J connectivity index is 5.05. The lowest BCUT2D eigenvalue weighted by molar-refractivity contribution is -0.147. The molecule has 0 heterocycles. The molecule has 0 bridgehead atoms. The van der Waals surface area contributed by atoms with Gasteiger partial charge in [0.15, 0.2) is 0 Å². The fourth-order valence-corrected chi connectivity index (χ4v) is 5.43. The molecule has 0 spiro atoms. The third kappa shape index (κ3) is 13.2. The second-order valence-electron chi connectivity index (χ2n) is 9.27. The second kappa shape index (κ2) is 15.8. The van der Waals surface area contributed by atoms with Gasteiger partial charge in [0.05, 0.1) is 13.0 Å². The van der Waals surface area contributed by atoms with Crippen LogP contribution in [-0.2, 0) is 27.6 Å². The molecule has 0 radical (unpaired) electrons. The first-order valence-electron chi connectivity index (χ1n) is 11.7. The van der Waals surface area contributed by atoms with Crippen molar-refractivity contribution in [2.45, 2.75) is 97.6 Å². The fraction of sp³-hybridized carbons (Fsp3) is 0.913. The van der Waals surface area contributed by atoms with Gasteiger partial charge in [-0.2, -0.15) is 0 Å². The van der Waals surface area contributed by atoms with Gasteiger partial charge in [-0.3, -0.25) is 9.59 Å². The molecule has 0 saturated heterocycles. The number of hydrogen-bond donors (Lipinski definition) is 1. The van der Waals surface area contributed by atoms with Gasteiger partial charge in [-0.25, -0.2) is 0 Å². The van der Waals surface area contributed by atoms with Crippen LogP contribution in [0, 0.1) is 11.8 Å². The van der Waals surface area contributed by atoms with Crippen molar-refractivity contribution < 1.29 is 27.6 Å². The van der Waals surface area contributed by atoms with Crippen molar-refractivity contribution in [3.63, 3.8) is 0 Å². The molecule has 0 rings (SSSR count). The van der Waals surface area contributed by atoms with Crippen molar-refractivity contribution in [3.8, 4) is 0 Å². The summed E-state index contributed by atoms with van der Waals surface area (Å²) < 4.78 is 22.0. The molecule has 2 atom stereocenters. The zero-order valence-electron chi connectivity index (χ0n) is 21.2. The fourth-order valence-electron chi connectivity index (χ4n) is 3.56. The van der Waals surface area contributed by atoms with Crippen molar-refractivity contribution in [2.24, 2.45) is 11.8 Å². The van der Waals surface area contributed by atoms with Gasteiger partial charge in [0.2, 0.25) is 5.91 Å². The van der Waals surface area contributed by atoms with E-state index in [1.54, 1.807) is 21.3 Å². The molecular weight excluding hydrogens is 414 g/mol. The molecule has 31 heavy (non-hydrogen) atoms. The Bertz CT molecular complexity index is 497. The molecule has 0 aromatic rings. The van der Waals surface area contributed by atoms with E-state index in [9.17, 15) is 9.59 Å². The Morgan fingerprint density at radius 2 is 1.58 bits per heavy atom. The Kier molecular flexibility index (Phi) is 15.3. The van der Waals surface area contributed by atoms with Gasteiger partial charge in [-0.1, -0.05) is 39.5 Å². The minimum absolute atomic E-state index is 0.0948. The van der Waals surface area contributed by atoms with Crippen LogP contribution in [0.15, 0.2) is 0 Å². The number of rotatable bonds is 17. The van der Waals surface area contributed by atoms with Gasteiger partial charge in [0, 0.05) is 38.8 Å². The standard InChI is InChI=1S/C23H47NO6Si/c1-9-11-12-13-15-30-21(25)18-20(22(26)24-23(3,4)5)17-19(10-2)14-16-31(27-6,28-7)29-8/h19-20H,9-18H2,1-8H3,(H,24,26). The Labute approximate surface area is 191 Å². The Morgan fingerprint density at radius 3 is 2.06 bits per heavy atom. The number of amides is 1. The smallest absolute Gasteiger partial charge is 0.466 e. The van der Waals surface area contributed by atoms with Crippen molar-refractivity contribution in [2.75, 3.05) is 27.9 Å². The molecule has 1 N–H and O–H groups in total. The van der Waals surface area contributed by atoms with Crippen molar-refractivity contribution in [3.05, 3.63) is 0 Å². The molecule has 184 valence electrons. The van der Waals surface area contributed by atoms with Gasteiger partial charge in [-0.05, 0) is 46.0 Å². The zero-order valence-corrected chi connectivity index (χ0v) is 22.2. The quantitative estimate of drug-likeness (QED) is 0.192. The lowest BCUT2D eigenvalue weighted by Crippen LogP contribution is -2.45. The number of ether oxygens (including phenoxy) is 1. The largest absolute Gasteiger partial charge is 0.500 e. The summed E-state index contributed by atoms with van der Waals surface area (Å²) in [6, 6.07) is 0.671. The van der Waals surface area contributed by atoms with Gasteiger partial charge < -0.3 is 23.3 Å².